The van der Waals surface area contributed by atoms with Crippen molar-refractivity contribution in [2.45, 2.75) is 33.1 Å². The molecule has 0 aromatic carbocycles. The normalized spacial score (nSPS) is 15.2. The molecule has 1 aliphatic rings. The summed E-state index contributed by atoms with van der Waals surface area (Å²) in [6.45, 7) is 10.9. The van der Waals surface area contributed by atoms with Crippen LogP contribution in [0, 0.1) is 0 Å². The number of aryl methyl sites for hydroxylation is 1. The largest absolute Gasteiger partial charge is 0.469 e. The molecule has 0 saturated carbocycles. The Morgan fingerprint density at radius 1 is 1.31 bits per heavy atom. The van der Waals surface area contributed by atoms with Gasteiger partial charge in [-0.25, -0.2) is 4.98 Å². The monoisotopic (exact) mass is 420 g/mol. The molecular formula is C20H32N6O2S. The van der Waals surface area contributed by atoms with Crippen molar-refractivity contribution in [3.8, 4) is 0 Å². The van der Waals surface area contributed by atoms with Gasteiger partial charge in [0.15, 0.2) is 5.96 Å². The number of piperazine rings is 1. The number of aliphatic imine (C=N–C) groups is 1. The van der Waals surface area contributed by atoms with Crippen molar-refractivity contribution in [1.82, 2.24) is 19.6 Å². The standard InChI is InChI=1S/C20H32N6O2S/c1-3-18-23-20(29-24-18)26-13-11-25(12-14-26)19(21-9-6-15-27-4-2)22-10-8-17-7-5-16-28-17/h5,7,16H,3-4,6,8-15H2,1-2H3,(H,21,22). The van der Waals surface area contributed by atoms with Gasteiger partial charge >= 0.3 is 0 Å². The van der Waals surface area contributed by atoms with E-state index in [9.17, 15) is 0 Å². The van der Waals surface area contributed by atoms with Crippen molar-refractivity contribution in [1.29, 1.82) is 0 Å². The van der Waals surface area contributed by atoms with Crippen LogP contribution in [0.2, 0.25) is 0 Å². The van der Waals surface area contributed by atoms with Crippen LogP contribution in [0.15, 0.2) is 27.8 Å². The minimum atomic E-state index is 0.754. The number of hydrogen-bond acceptors (Lipinski definition) is 7. The molecule has 1 N–H and O–H groups in total. The van der Waals surface area contributed by atoms with E-state index in [1.54, 1.807) is 6.26 Å². The summed E-state index contributed by atoms with van der Waals surface area (Å²) >= 11 is 1.50. The van der Waals surface area contributed by atoms with Crippen molar-refractivity contribution in [2.75, 3.05) is 57.4 Å². The van der Waals surface area contributed by atoms with Crippen molar-refractivity contribution < 1.29 is 9.15 Å². The molecule has 0 amide bonds. The number of anilines is 1. The Morgan fingerprint density at radius 2 is 2.17 bits per heavy atom. The van der Waals surface area contributed by atoms with E-state index in [-0.39, 0.29) is 0 Å². The SMILES string of the molecule is CCOCCCN=C(NCCc1ccco1)N1CCN(c2nc(CC)ns2)CC1. The highest BCUT2D eigenvalue weighted by Crippen LogP contribution is 2.19. The van der Waals surface area contributed by atoms with Crippen LogP contribution in [0.1, 0.15) is 31.9 Å². The van der Waals surface area contributed by atoms with E-state index < -0.39 is 0 Å². The van der Waals surface area contributed by atoms with Gasteiger partial charge in [0, 0.05) is 76.9 Å². The van der Waals surface area contributed by atoms with E-state index in [0.29, 0.717) is 0 Å². The number of rotatable bonds is 10. The molecule has 9 heteroatoms. The van der Waals surface area contributed by atoms with Crippen molar-refractivity contribution in [3.63, 3.8) is 0 Å². The Hall–Kier alpha value is -2.13. The molecule has 160 valence electrons. The summed E-state index contributed by atoms with van der Waals surface area (Å²) in [6.07, 6.45) is 4.38. The second kappa shape index (κ2) is 11.8. The highest BCUT2D eigenvalue weighted by atomic mass is 32.1. The quantitative estimate of drug-likeness (QED) is 0.359. The third-order valence-electron chi connectivity index (χ3n) is 4.77. The lowest BCUT2D eigenvalue weighted by Crippen LogP contribution is -2.53. The minimum absolute atomic E-state index is 0.754. The molecule has 1 saturated heterocycles. The van der Waals surface area contributed by atoms with E-state index in [1.165, 1.54) is 11.5 Å². The maximum atomic E-state index is 5.43. The summed E-state index contributed by atoms with van der Waals surface area (Å²) in [4.78, 5) is 14.1. The first-order valence-electron chi connectivity index (χ1n) is 10.5. The van der Waals surface area contributed by atoms with E-state index in [0.717, 1.165) is 94.4 Å². The van der Waals surface area contributed by atoms with E-state index in [2.05, 4.69) is 31.4 Å². The van der Waals surface area contributed by atoms with Crippen LogP contribution >= 0.6 is 11.5 Å². The Labute approximate surface area is 177 Å². The lowest BCUT2D eigenvalue weighted by molar-refractivity contribution is 0.146. The maximum Gasteiger partial charge on any atom is 0.205 e. The zero-order valence-electron chi connectivity index (χ0n) is 17.5. The molecule has 1 aliphatic heterocycles. The summed E-state index contributed by atoms with van der Waals surface area (Å²) in [7, 11) is 0. The van der Waals surface area contributed by atoms with Crippen molar-refractivity contribution >= 4 is 22.6 Å². The maximum absolute atomic E-state index is 5.43. The van der Waals surface area contributed by atoms with Gasteiger partial charge < -0.3 is 24.3 Å². The molecule has 29 heavy (non-hydrogen) atoms. The van der Waals surface area contributed by atoms with E-state index in [4.69, 9.17) is 14.1 Å². The molecule has 1 fully saturated rings. The smallest absolute Gasteiger partial charge is 0.205 e. The molecule has 2 aromatic rings. The van der Waals surface area contributed by atoms with Gasteiger partial charge in [-0.1, -0.05) is 6.92 Å². The zero-order valence-corrected chi connectivity index (χ0v) is 18.3. The van der Waals surface area contributed by atoms with Gasteiger partial charge in [0.1, 0.15) is 11.6 Å². The van der Waals surface area contributed by atoms with Gasteiger partial charge in [-0.05, 0) is 25.5 Å². The predicted octanol–water partition coefficient (Wildman–Crippen LogP) is 2.43. The first-order chi connectivity index (χ1) is 14.3. The second-order valence-electron chi connectivity index (χ2n) is 6.83. The molecule has 8 nitrogen and oxygen atoms in total. The van der Waals surface area contributed by atoms with E-state index in [1.807, 2.05) is 19.1 Å². The lowest BCUT2D eigenvalue weighted by atomic mass is 10.3. The van der Waals surface area contributed by atoms with Crippen LogP contribution in [0.4, 0.5) is 5.13 Å². The first kappa shape index (κ1) is 21.6. The van der Waals surface area contributed by atoms with Crippen molar-refractivity contribution in [2.24, 2.45) is 4.99 Å². The fourth-order valence-corrected chi connectivity index (χ4v) is 3.94. The lowest BCUT2D eigenvalue weighted by Gasteiger charge is -2.36. The highest BCUT2D eigenvalue weighted by Gasteiger charge is 2.22. The number of ether oxygens (including phenoxy) is 1. The molecule has 2 aromatic heterocycles. The summed E-state index contributed by atoms with van der Waals surface area (Å²) in [5.74, 6) is 2.89. The first-order valence-corrected chi connectivity index (χ1v) is 11.3. The van der Waals surface area contributed by atoms with Gasteiger partial charge in [-0.15, -0.1) is 0 Å². The predicted molar refractivity (Wildman–Crippen MR) is 117 cm³/mol. The third-order valence-corrected chi connectivity index (χ3v) is 5.59. The molecule has 0 spiro atoms. The second-order valence-corrected chi connectivity index (χ2v) is 7.56. The molecule has 3 heterocycles. The van der Waals surface area contributed by atoms with E-state index >= 15 is 0 Å². The fraction of sp³-hybridized carbons (Fsp3) is 0.650. The van der Waals surface area contributed by atoms with Gasteiger partial charge in [-0.3, -0.25) is 4.99 Å². The van der Waals surface area contributed by atoms with Crippen LogP contribution in [0.5, 0.6) is 0 Å². The van der Waals surface area contributed by atoms with Gasteiger partial charge in [0.2, 0.25) is 5.13 Å². The number of aromatic nitrogens is 2. The Bertz CT molecular complexity index is 725. The summed E-state index contributed by atoms with van der Waals surface area (Å²) in [5, 5.41) is 4.55. The summed E-state index contributed by atoms with van der Waals surface area (Å²) in [6, 6.07) is 3.93. The molecule has 0 aliphatic carbocycles. The van der Waals surface area contributed by atoms with Crippen LogP contribution < -0.4 is 10.2 Å². The van der Waals surface area contributed by atoms with Gasteiger partial charge in [-0.2, -0.15) is 4.37 Å². The minimum Gasteiger partial charge on any atom is -0.469 e. The van der Waals surface area contributed by atoms with Gasteiger partial charge in [0.05, 0.1) is 6.26 Å². The summed E-state index contributed by atoms with van der Waals surface area (Å²) < 4.78 is 15.3. The number of nitrogens with zero attached hydrogens (tertiary/aromatic N) is 5. The Balaban J connectivity index is 1.52. The Morgan fingerprint density at radius 3 is 2.86 bits per heavy atom. The molecule has 0 atom stereocenters. The van der Waals surface area contributed by atoms with Crippen LogP contribution in [-0.2, 0) is 17.6 Å². The van der Waals surface area contributed by atoms with Crippen LogP contribution in [0.25, 0.3) is 0 Å². The highest BCUT2D eigenvalue weighted by molar-refractivity contribution is 7.09. The average Bonchev–Trinajstić information content (AvgIpc) is 3.44. The topological polar surface area (TPSA) is 79.0 Å². The number of nitrogens with one attached hydrogen (secondary N) is 1. The number of furan rings is 1. The number of guanidine groups is 1. The van der Waals surface area contributed by atoms with Crippen LogP contribution in [-0.4, -0.2) is 72.7 Å². The molecule has 0 radical (unpaired) electrons. The molecular weight excluding hydrogens is 388 g/mol. The molecule has 0 unspecified atom stereocenters. The molecule has 0 bridgehead atoms. The fourth-order valence-electron chi connectivity index (χ4n) is 3.14. The summed E-state index contributed by atoms with van der Waals surface area (Å²) in [5.41, 5.74) is 0. The Kier molecular flexibility index (Phi) is 8.76. The molecule has 3 rings (SSSR count). The van der Waals surface area contributed by atoms with Crippen LogP contribution in [0.3, 0.4) is 0 Å². The third kappa shape index (κ3) is 6.71. The van der Waals surface area contributed by atoms with Crippen molar-refractivity contribution in [3.05, 3.63) is 30.0 Å². The van der Waals surface area contributed by atoms with Gasteiger partial charge in [0.25, 0.3) is 0 Å². The number of hydrogen-bond donors (Lipinski definition) is 1. The zero-order chi connectivity index (χ0) is 20.3. The average molecular weight is 421 g/mol.